The van der Waals surface area contributed by atoms with Crippen molar-refractivity contribution in [3.63, 3.8) is 0 Å². The molecule has 2 N–H and O–H groups in total. The van der Waals surface area contributed by atoms with Crippen molar-refractivity contribution in [1.82, 2.24) is 19.6 Å². The SMILES string of the molecule is CCCCc1nc(SC)c(C(=O)[O-])n1Cc1ccc(-c2ccccc2S(=O)(=O)NC(=O)NC(c2ccccc2)c2ccccc2)cc1.[K+]. The van der Waals surface area contributed by atoms with Gasteiger partial charge in [-0.05, 0) is 41.0 Å². The number of amides is 2. The molecule has 2 amide bonds. The first kappa shape index (κ1) is 37.6. The second-order valence-corrected chi connectivity index (χ2v) is 13.3. The summed E-state index contributed by atoms with van der Waals surface area (Å²) in [5.41, 5.74) is 3.49. The Morgan fingerprint density at radius 3 is 2.02 bits per heavy atom. The molecule has 9 nitrogen and oxygen atoms in total. The smallest absolute Gasteiger partial charge is 0.543 e. The van der Waals surface area contributed by atoms with Gasteiger partial charge in [0.15, 0.2) is 0 Å². The zero-order valence-corrected chi connectivity index (χ0v) is 31.8. The van der Waals surface area contributed by atoms with E-state index < -0.39 is 28.1 Å². The maximum Gasteiger partial charge on any atom is 1.00 e. The number of aromatic carboxylic acids is 1. The number of hydrogen-bond acceptors (Lipinski definition) is 7. The van der Waals surface area contributed by atoms with E-state index in [1.807, 2.05) is 72.8 Å². The number of imidazole rings is 1. The van der Waals surface area contributed by atoms with Crippen molar-refractivity contribution >= 4 is 33.8 Å². The number of rotatable bonds is 13. The zero-order valence-electron chi connectivity index (χ0n) is 27.1. The number of sulfonamides is 1. The number of carboxylic acid groups (broad SMARTS) is 1. The van der Waals surface area contributed by atoms with Gasteiger partial charge < -0.3 is 19.8 Å². The van der Waals surface area contributed by atoms with Crippen LogP contribution in [0.3, 0.4) is 0 Å². The summed E-state index contributed by atoms with van der Waals surface area (Å²) >= 11 is 1.27. The molecule has 0 atom stereocenters. The van der Waals surface area contributed by atoms with E-state index >= 15 is 0 Å². The number of benzene rings is 4. The van der Waals surface area contributed by atoms with Crippen molar-refractivity contribution in [2.45, 2.75) is 48.7 Å². The van der Waals surface area contributed by atoms with Gasteiger partial charge in [-0.15, -0.1) is 11.8 Å². The summed E-state index contributed by atoms with van der Waals surface area (Å²) in [4.78, 5) is 29.7. The minimum absolute atomic E-state index is 0. The molecule has 0 aliphatic rings. The second-order valence-electron chi connectivity index (χ2n) is 10.9. The molecule has 5 aromatic rings. The minimum Gasteiger partial charge on any atom is -0.543 e. The van der Waals surface area contributed by atoms with E-state index in [-0.39, 0.29) is 68.5 Å². The van der Waals surface area contributed by atoms with Crippen molar-refractivity contribution in [1.29, 1.82) is 0 Å². The number of aromatic nitrogens is 2. The summed E-state index contributed by atoms with van der Waals surface area (Å²) in [5.74, 6) is -0.599. The molecule has 1 heterocycles. The van der Waals surface area contributed by atoms with E-state index in [4.69, 9.17) is 0 Å². The van der Waals surface area contributed by atoms with Gasteiger partial charge in [0.25, 0.3) is 10.0 Å². The first-order valence-corrected chi connectivity index (χ1v) is 17.9. The van der Waals surface area contributed by atoms with Gasteiger partial charge in [0.2, 0.25) is 0 Å². The predicted molar refractivity (Wildman–Crippen MR) is 182 cm³/mol. The molecule has 0 bridgehead atoms. The molecular weight excluding hydrogens is 672 g/mol. The summed E-state index contributed by atoms with van der Waals surface area (Å²) in [6.07, 6.45) is 4.23. The number of carboxylic acids is 1. The maximum atomic E-state index is 13.6. The largest absolute Gasteiger partial charge is 1.00 e. The third-order valence-corrected chi connectivity index (χ3v) is 9.77. The quantitative estimate of drug-likeness (QED) is 0.142. The Balaban J connectivity index is 0.00000520. The normalized spacial score (nSPS) is 11.1. The van der Waals surface area contributed by atoms with Crippen LogP contribution < -0.4 is 66.5 Å². The zero-order chi connectivity index (χ0) is 33.4. The van der Waals surface area contributed by atoms with Crippen molar-refractivity contribution in [3.8, 4) is 11.1 Å². The molecule has 4 aromatic carbocycles. The van der Waals surface area contributed by atoms with Gasteiger partial charge in [0.05, 0.1) is 22.6 Å². The summed E-state index contributed by atoms with van der Waals surface area (Å²) in [6, 6.07) is 30.9. The first-order valence-electron chi connectivity index (χ1n) is 15.2. The molecule has 12 heteroatoms. The molecule has 0 unspecified atom stereocenters. The number of nitrogens with zero attached hydrogens (tertiary/aromatic N) is 2. The molecule has 0 fully saturated rings. The van der Waals surface area contributed by atoms with E-state index in [2.05, 4.69) is 21.9 Å². The Bertz CT molecular complexity index is 1910. The van der Waals surface area contributed by atoms with Crippen LogP contribution in [0.1, 0.15) is 58.8 Å². The number of carbonyl (C=O) groups is 2. The third kappa shape index (κ3) is 9.06. The molecular formula is C36H35KN4O5S2. The Kier molecular flexibility index (Phi) is 13.6. The maximum absolute atomic E-state index is 13.6. The van der Waals surface area contributed by atoms with Crippen LogP contribution in [0.2, 0.25) is 0 Å². The van der Waals surface area contributed by atoms with Gasteiger partial charge in [-0.25, -0.2) is 22.9 Å². The van der Waals surface area contributed by atoms with E-state index in [1.165, 1.54) is 17.8 Å². The minimum atomic E-state index is -4.29. The first-order chi connectivity index (χ1) is 22.7. The van der Waals surface area contributed by atoms with Crippen LogP contribution in [-0.4, -0.2) is 36.2 Å². The second kappa shape index (κ2) is 17.4. The summed E-state index contributed by atoms with van der Waals surface area (Å²) in [6.45, 7) is 2.33. The third-order valence-electron chi connectivity index (χ3n) is 7.71. The topological polar surface area (TPSA) is 133 Å². The van der Waals surface area contributed by atoms with Crippen LogP contribution in [0.5, 0.6) is 0 Å². The van der Waals surface area contributed by atoms with Crippen LogP contribution in [0.4, 0.5) is 4.79 Å². The molecule has 5 rings (SSSR count). The number of unbranched alkanes of at least 4 members (excludes halogenated alkanes) is 1. The Labute approximate surface area is 328 Å². The average Bonchev–Trinajstić information content (AvgIpc) is 3.44. The van der Waals surface area contributed by atoms with E-state index in [0.29, 0.717) is 28.4 Å². The van der Waals surface area contributed by atoms with Crippen LogP contribution in [0, 0.1) is 0 Å². The summed E-state index contributed by atoms with van der Waals surface area (Å²) in [7, 11) is -4.29. The molecule has 1 aromatic heterocycles. The Morgan fingerprint density at radius 2 is 1.46 bits per heavy atom. The number of aryl methyl sites for hydroxylation is 1. The fourth-order valence-electron chi connectivity index (χ4n) is 5.41. The van der Waals surface area contributed by atoms with Crippen molar-refractivity contribution < 1.29 is 74.5 Å². The molecule has 0 aliphatic heterocycles. The molecule has 0 saturated carbocycles. The molecule has 0 radical (unpaired) electrons. The van der Waals surface area contributed by atoms with Gasteiger partial charge in [0.1, 0.15) is 10.9 Å². The summed E-state index contributed by atoms with van der Waals surface area (Å²) < 4.78 is 31.1. The van der Waals surface area contributed by atoms with Crippen molar-refractivity contribution in [3.05, 3.63) is 137 Å². The fourth-order valence-corrected chi connectivity index (χ4v) is 7.14. The molecule has 0 spiro atoms. The Hall–Kier alpha value is -3.23. The van der Waals surface area contributed by atoms with E-state index in [0.717, 1.165) is 29.5 Å². The number of hydrogen-bond donors (Lipinski definition) is 2. The van der Waals surface area contributed by atoms with Crippen LogP contribution >= 0.6 is 11.8 Å². The van der Waals surface area contributed by atoms with Gasteiger partial charge in [-0.1, -0.05) is 116 Å². The molecule has 242 valence electrons. The van der Waals surface area contributed by atoms with E-state index in [1.54, 1.807) is 41.2 Å². The van der Waals surface area contributed by atoms with Crippen molar-refractivity contribution in [2.75, 3.05) is 6.26 Å². The Morgan fingerprint density at radius 1 is 0.875 bits per heavy atom. The van der Waals surface area contributed by atoms with Gasteiger partial charge in [-0.2, -0.15) is 0 Å². The molecule has 0 saturated heterocycles. The number of carbonyl (C=O) groups excluding carboxylic acids is 2. The molecule has 48 heavy (non-hydrogen) atoms. The summed E-state index contributed by atoms with van der Waals surface area (Å²) in [5, 5.41) is 15.3. The number of nitrogens with one attached hydrogen (secondary N) is 2. The van der Waals surface area contributed by atoms with Gasteiger partial charge in [-0.3, -0.25) is 0 Å². The van der Waals surface area contributed by atoms with Crippen LogP contribution in [-0.2, 0) is 23.0 Å². The monoisotopic (exact) mass is 706 g/mol. The average molecular weight is 707 g/mol. The number of thioether (sulfide) groups is 1. The van der Waals surface area contributed by atoms with Crippen LogP contribution in [0.15, 0.2) is 119 Å². The van der Waals surface area contributed by atoms with Gasteiger partial charge >= 0.3 is 57.4 Å². The predicted octanol–water partition coefficient (Wildman–Crippen LogP) is 2.81. The van der Waals surface area contributed by atoms with Crippen LogP contribution in [0.25, 0.3) is 11.1 Å². The molecule has 0 aliphatic carbocycles. The standard InChI is InChI=1S/C36H36N4O5S2.K/c1-3-4-19-31-37-34(46-2)33(35(41)42)40(31)24-25-20-22-26(23-21-25)29-17-11-12-18-30(29)47(44,45)39-36(43)38-32(27-13-7-5-8-14-27)28-15-9-6-10-16-28;/h5-18,20-23,32H,3-4,19,24H2,1-2H3,(H,41,42)(H2,38,39,43);/q;+1/p-1. The van der Waals surface area contributed by atoms with E-state index in [9.17, 15) is 23.1 Å². The van der Waals surface area contributed by atoms with Gasteiger partial charge in [0, 0.05) is 18.5 Å². The van der Waals surface area contributed by atoms with Crippen molar-refractivity contribution in [2.24, 2.45) is 0 Å². The fraction of sp³-hybridized carbons (Fsp3) is 0.194. The number of urea groups is 1.